The zero-order chi connectivity index (χ0) is 11.5. The van der Waals surface area contributed by atoms with Crippen LogP contribution in [-0.2, 0) is 0 Å². The number of rotatable bonds is 2. The van der Waals surface area contributed by atoms with Gasteiger partial charge in [-0.05, 0) is 40.2 Å². The van der Waals surface area contributed by atoms with Crippen LogP contribution in [0.4, 0.5) is 5.82 Å². The summed E-state index contributed by atoms with van der Waals surface area (Å²) in [6, 6.07) is 9.12. The minimum absolute atomic E-state index is 0.436. The topological polar surface area (TPSA) is 48.1 Å². The number of pyridine rings is 1. The van der Waals surface area contributed by atoms with Crippen LogP contribution < -0.4 is 10.5 Å². The number of nitrogens with two attached hydrogens (primary N) is 1. The number of nitrogens with zero attached hydrogens (tertiary/aromatic N) is 1. The van der Waals surface area contributed by atoms with Crippen LogP contribution in [0.1, 0.15) is 0 Å². The lowest BCUT2D eigenvalue weighted by Gasteiger charge is -2.08. The summed E-state index contributed by atoms with van der Waals surface area (Å²) in [5.74, 6) is 1.83. The molecule has 0 atom stereocenters. The number of nitrogen functional groups attached to an aromatic ring is 1. The molecule has 0 bridgehead atoms. The molecule has 1 aromatic carbocycles. The van der Waals surface area contributed by atoms with Gasteiger partial charge in [0.2, 0.25) is 0 Å². The molecule has 16 heavy (non-hydrogen) atoms. The second kappa shape index (κ2) is 4.84. The Morgan fingerprint density at radius 1 is 1.12 bits per heavy atom. The van der Waals surface area contributed by atoms with Crippen molar-refractivity contribution in [3.05, 3.63) is 45.5 Å². The number of hydrogen-bond acceptors (Lipinski definition) is 3. The van der Waals surface area contributed by atoms with Crippen molar-refractivity contribution in [2.75, 3.05) is 5.73 Å². The Bertz CT molecular complexity index is 517. The van der Waals surface area contributed by atoms with Crippen molar-refractivity contribution in [1.82, 2.24) is 4.98 Å². The lowest BCUT2D eigenvalue weighted by atomic mass is 10.3. The van der Waals surface area contributed by atoms with Gasteiger partial charge in [-0.1, -0.05) is 15.9 Å². The molecule has 2 N–H and O–H groups in total. The first-order valence-electron chi connectivity index (χ1n) is 4.49. The average molecular weight is 344 g/mol. The van der Waals surface area contributed by atoms with Crippen LogP contribution in [0.3, 0.4) is 0 Å². The molecule has 2 rings (SSSR count). The third-order valence-corrected chi connectivity index (χ3v) is 2.99. The van der Waals surface area contributed by atoms with Gasteiger partial charge in [0, 0.05) is 16.7 Å². The maximum Gasteiger partial charge on any atom is 0.141 e. The van der Waals surface area contributed by atoms with Crippen molar-refractivity contribution in [3.63, 3.8) is 0 Å². The van der Waals surface area contributed by atoms with E-state index in [1.165, 1.54) is 0 Å². The van der Waals surface area contributed by atoms with Crippen molar-refractivity contribution in [1.29, 1.82) is 0 Å². The maximum atomic E-state index is 5.66. The second-order valence-corrected chi connectivity index (χ2v) is 4.86. The Morgan fingerprint density at radius 2 is 1.94 bits per heavy atom. The fourth-order valence-electron chi connectivity index (χ4n) is 1.18. The molecular formula is C11H8Br2N2O. The van der Waals surface area contributed by atoms with E-state index in [0.717, 1.165) is 14.7 Å². The van der Waals surface area contributed by atoms with Crippen LogP contribution in [0.15, 0.2) is 45.5 Å². The molecule has 0 aliphatic rings. The van der Waals surface area contributed by atoms with Gasteiger partial charge in [0.25, 0.3) is 0 Å². The Balaban J connectivity index is 2.27. The third kappa shape index (κ3) is 2.74. The molecule has 0 saturated carbocycles. The Hall–Kier alpha value is -1.07. The minimum Gasteiger partial charge on any atom is -0.456 e. The first kappa shape index (κ1) is 11.4. The maximum absolute atomic E-state index is 5.66. The van der Waals surface area contributed by atoms with Crippen molar-refractivity contribution < 1.29 is 4.74 Å². The highest BCUT2D eigenvalue weighted by Gasteiger charge is 2.03. The van der Waals surface area contributed by atoms with Crippen LogP contribution in [-0.4, -0.2) is 4.98 Å². The van der Waals surface area contributed by atoms with Gasteiger partial charge in [-0.25, -0.2) is 4.98 Å². The monoisotopic (exact) mass is 342 g/mol. The van der Waals surface area contributed by atoms with E-state index in [2.05, 4.69) is 36.8 Å². The zero-order valence-electron chi connectivity index (χ0n) is 8.15. The Labute approximate surface area is 110 Å². The number of benzene rings is 1. The highest BCUT2D eigenvalue weighted by atomic mass is 79.9. The van der Waals surface area contributed by atoms with Gasteiger partial charge < -0.3 is 10.5 Å². The molecule has 0 aliphatic carbocycles. The molecule has 0 unspecified atom stereocenters. The number of aromatic nitrogens is 1. The van der Waals surface area contributed by atoms with Crippen LogP contribution in [0.5, 0.6) is 11.5 Å². The highest BCUT2D eigenvalue weighted by Crippen LogP contribution is 2.32. The molecular weight excluding hydrogens is 336 g/mol. The van der Waals surface area contributed by atoms with E-state index in [9.17, 15) is 0 Å². The molecule has 0 amide bonds. The van der Waals surface area contributed by atoms with E-state index < -0.39 is 0 Å². The van der Waals surface area contributed by atoms with Crippen molar-refractivity contribution in [2.45, 2.75) is 0 Å². The molecule has 2 aromatic rings. The summed E-state index contributed by atoms with van der Waals surface area (Å²) in [6.45, 7) is 0. The van der Waals surface area contributed by atoms with Gasteiger partial charge in [0.05, 0.1) is 4.47 Å². The van der Waals surface area contributed by atoms with E-state index in [1.54, 1.807) is 18.3 Å². The van der Waals surface area contributed by atoms with Gasteiger partial charge in [-0.3, -0.25) is 0 Å². The van der Waals surface area contributed by atoms with E-state index >= 15 is 0 Å². The molecule has 0 saturated heterocycles. The smallest absolute Gasteiger partial charge is 0.141 e. The fourth-order valence-corrected chi connectivity index (χ4v) is 2.30. The van der Waals surface area contributed by atoms with Crippen molar-refractivity contribution >= 4 is 37.7 Å². The molecule has 82 valence electrons. The summed E-state index contributed by atoms with van der Waals surface area (Å²) >= 11 is 6.80. The summed E-state index contributed by atoms with van der Waals surface area (Å²) in [5.41, 5.74) is 5.56. The summed E-state index contributed by atoms with van der Waals surface area (Å²) in [7, 11) is 0. The number of hydrogen-bond donors (Lipinski definition) is 1. The van der Waals surface area contributed by atoms with Crippen LogP contribution in [0.25, 0.3) is 0 Å². The summed E-state index contributed by atoms with van der Waals surface area (Å²) in [5, 5.41) is 0. The van der Waals surface area contributed by atoms with Gasteiger partial charge in [0.15, 0.2) is 0 Å². The quantitative estimate of drug-likeness (QED) is 0.897. The predicted molar refractivity (Wildman–Crippen MR) is 70.6 cm³/mol. The first-order chi connectivity index (χ1) is 7.65. The van der Waals surface area contributed by atoms with E-state index in [0.29, 0.717) is 11.6 Å². The van der Waals surface area contributed by atoms with Crippen LogP contribution in [0.2, 0.25) is 0 Å². The van der Waals surface area contributed by atoms with Crippen molar-refractivity contribution in [3.8, 4) is 11.5 Å². The first-order valence-corrected chi connectivity index (χ1v) is 6.08. The van der Waals surface area contributed by atoms with Gasteiger partial charge in [0.1, 0.15) is 17.3 Å². The lowest BCUT2D eigenvalue weighted by molar-refractivity contribution is 0.479. The fraction of sp³-hybridized carbons (Fsp3) is 0. The third-order valence-electron chi connectivity index (χ3n) is 1.87. The normalized spacial score (nSPS) is 10.1. The summed E-state index contributed by atoms with van der Waals surface area (Å²) in [6.07, 6.45) is 1.61. The standard InChI is InChI=1S/C11H8Br2N2O/c12-7-1-2-10(9(13)5-7)16-8-3-4-15-11(14)6-8/h1-6H,(H2,14,15). The molecule has 0 aliphatic heterocycles. The number of ether oxygens (including phenoxy) is 1. The van der Waals surface area contributed by atoms with Crippen LogP contribution >= 0.6 is 31.9 Å². The van der Waals surface area contributed by atoms with Crippen LogP contribution in [0, 0.1) is 0 Å². The Kier molecular flexibility index (Phi) is 3.46. The zero-order valence-corrected chi connectivity index (χ0v) is 11.3. The van der Waals surface area contributed by atoms with Gasteiger partial charge >= 0.3 is 0 Å². The molecule has 1 aromatic heterocycles. The van der Waals surface area contributed by atoms with E-state index in [4.69, 9.17) is 10.5 Å². The largest absolute Gasteiger partial charge is 0.456 e. The molecule has 0 radical (unpaired) electrons. The predicted octanol–water partition coefficient (Wildman–Crippen LogP) is 3.98. The highest BCUT2D eigenvalue weighted by molar-refractivity contribution is 9.11. The summed E-state index contributed by atoms with van der Waals surface area (Å²) in [4.78, 5) is 3.90. The van der Waals surface area contributed by atoms with Crippen molar-refractivity contribution in [2.24, 2.45) is 0 Å². The number of anilines is 1. The van der Waals surface area contributed by atoms with Gasteiger partial charge in [-0.2, -0.15) is 0 Å². The van der Waals surface area contributed by atoms with E-state index in [-0.39, 0.29) is 0 Å². The molecule has 3 nitrogen and oxygen atoms in total. The SMILES string of the molecule is Nc1cc(Oc2ccc(Br)cc2Br)ccn1. The lowest BCUT2D eigenvalue weighted by Crippen LogP contribution is -1.91. The van der Waals surface area contributed by atoms with Gasteiger partial charge in [-0.15, -0.1) is 0 Å². The Morgan fingerprint density at radius 3 is 2.62 bits per heavy atom. The molecule has 1 heterocycles. The summed E-state index contributed by atoms with van der Waals surface area (Å²) < 4.78 is 7.52. The molecule has 0 spiro atoms. The van der Waals surface area contributed by atoms with E-state index in [1.807, 2.05) is 18.2 Å². The second-order valence-electron chi connectivity index (χ2n) is 3.09. The molecule has 5 heteroatoms. The molecule has 0 fully saturated rings. The minimum atomic E-state index is 0.436. The average Bonchev–Trinajstić information content (AvgIpc) is 2.22. The number of halogens is 2.